The zero-order chi connectivity index (χ0) is 8.10. The van der Waals surface area contributed by atoms with Gasteiger partial charge in [0.05, 0.1) is 0 Å². The molecule has 0 aromatic carbocycles. The number of rotatable bonds is 2. The van der Waals surface area contributed by atoms with Crippen LogP contribution in [0.1, 0.15) is 5.56 Å². The van der Waals surface area contributed by atoms with E-state index in [-0.39, 0.29) is 0 Å². The molecule has 0 spiro atoms. The van der Waals surface area contributed by atoms with Gasteiger partial charge in [0.15, 0.2) is 0 Å². The SMILES string of the molecule is Fc1ccc(C=CCCl)cn1. The van der Waals surface area contributed by atoms with E-state index in [0.29, 0.717) is 5.88 Å². The van der Waals surface area contributed by atoms with Crippen molar-refractivity contribution in [3.05, 3.63) is 35.9 Å². The second-order valence-corrected chi connectivity index (χ2v) is 2.28. The average Bonchev–Trinajstić information content (AvgIpc) is 2.04. The summed E-state index contributed by atoms with van der Waals surface area (Å²) in [7, 11) is 0. The topological polar surface area (TPSA) is 12.9 Å². The number of hydrogen-bond donors (Lipinski definition) is 0. The molecule has 1 nitrogen and oxygen atoms in total. The van der Waals surface area contributed by atoms with Crippen molar-refractivity contribution in [1.29, 1.82) is 0 Å². The van der Waals surface area contributed by atoms with Crippen LogP contribution in [0.2, 0.25) is 0 Å². The molecule has 0 fully saturated rings. The number of allylic oxidation sites excluding steroid dienone is 1. The number of hydrogen-bond acceptors (Lipinski definition) is 1. The van der Waals surface area contributed by atoms with Crippen molar-refractivity contribution >= 4 is 17.7 Å². The Balaban J connectivity index is 2.73. The molecule has 1 aromatic heterocycles. The molecule has 0 bridgehead atoms. The van der Waals surface area contributed by atoms with Crippen LogP contribution in [0.5, 0.6) is 0 Å². The second kappa shape index (κ2) is 4.09. The third kappa shape index (κ3) is 2.68. The fourth-order valence-corrected chi connectivity index (χ4v) is 0.756. The van der Waals surface area contributed by atoms with Crippen LogP contribution >= 0.6 is 11.6 Å². The van der Waals surface area contributed by atoms with Gasteiger partial charge in [-0.2, -0.15) is 4.39 Å². The fraction of sp³-hybridized carbons (Fsp3) is 0.125. The number of alkyl halides is 1. The van der Waals surface area contributed by atoms with Crippen molar-refractivity contribution in [3.8, 4) is 0 Å². The lowest BCUT2D eigenvalue weighted by Gasteiger charge is -1.89. The van der Waals surface area contributed by atoms with Crippen LogP contribution in [-0.2, 0) is 0 Å². The average molecular weight is 172 g/mol. The predicted molar refractivity (Wildman–Crippen MR) is 43.9 cm³/mol. The highest BCUT2D eigenvalue weighted by Crippen LogP contribution is 2.01. The van der Waals surface area contributed by atoms with E-state index in [0.717, 1.165) is 5.56 Å². The van der Waals surface area contributed by atoms with Crippen LogP contribution in [0.4, 0.5) is 4.39 Å². The van der Waals surface area contributed by atoms with E-state index >= 15 is 0 Å². The molecule has 0 aliphatic heterocycles. The molecule has 0 aliphatic carbocycles. The largest absolute Gasteiger partial charge is 0.228 e. The molecule has 58 valence electrons. The summed E-state index contributed by atoms with van der Waals surface area (Å²) in [5.41, 5.74) is 0.854. The first-order valence-electron chi connectivity index (χ1n) is 3.17. The molecular formula is C8H7ClFN. The summed E-state index contributed by atoms with van der Waals surface area (Å²) < 4.78 is 12.2. The zero-order valence-electron chi connectivity index (χ0n) is 5.80. The molecule has 0 unspecified atom stereocenters. The standard InChI is InChI=1S/C8H7ClFN/c9-5-1-2-7-3-4-8(10)11-6-7/h1-4,6H,5H2. The maximum atomic E-state index is 12.2. The number of aromatic nitrogens is 1. The van der Waals surface area contributed by atoms with Crippen LogP contribution in [0.25, 0.3) is 6.08 Å². The third-order valence-electron chi connectivity index (χ3n) is 1.15. The van der Waals surface area contributed by atoms with Crippen LogP contribution in [0.3, 0.4) is 0 Å². The summed E-state index contributed by atoms with van der Waals surface area (Å²) in [4.78, 5) is 3.47. The van der Waals surface area contributed by atoms with Gasteiger partial charge in [0.25, 0.3) is 0 Å². The molecule has 0 N–H and O–H groups in total. The van der Waals surface area contributed by atoms with Gasteiger partial charge < -0.3 is 0 Å². The van der Waals surface area contributed by atoms with Crippen molar-refractivity contribution in [3.63, 3.8) is 0 Å². The van der Waals surface area contributed by atoms with E-state index in [1.165, 1.54) is 12.3 Å². The normalized spacial score (nSPS) is 10.7. The highest BCUT2D eigenvalue weighted by atomic mass is 35.5. The molecule has 0 saturated carbocycles. The van der Waals surface area contributed by atoms with Gasteiger partial charge in [0.2, 0.25) is 5.95 Å². The molecule has 0 radical (unpaired) electrons. The van der Waals surface area contributed by atoms with Crippen molar-refractivity contribution in [1.82, 2.24) is 4.98 Å². The van der Waals surface area contributed by atoms with Gasteiger partial charge in [-0.25, -0.2) is 4.98 Å². The predicted octanol–water partition coefficient (Wildman–Crippen LogP) is 2.47. The minimum atomic E-state index is -0.465. The molecular weight excluding hydrogens is 165 g/mol. The minimum absolute atomic E-state index is 0.456. The second-order valence-electron chi connectivity index (χ2n) is 1.97. The monoisotopic (exact) mass is 171 g/mol. The lowest BCUT2D eigenvalue weighted by Crippen LogP contribution is -1.80. The van der Waals surface area contributed by atoms with E-state index in [1.807, 2.05) is 0 Å². The smallest absolute Gasteiger partial charge is 0.212 e. The lowest BCUT2D eigenvalue weighted by atomic mass is 10.3. The van der Waals surface area contributed by atoms with Crippen LogP contribution < -0.4 is 0 Å². The molecule has 1 aromatic rings. The van der Waals surface area contributed by atoms with E-state index in [4.69, 9.17) is 11.6 Å². The lowest BCUT2D eigenvalue weighted by molar-refractivity contribution is 0.583. The zero-order valence-corrected chi connectivity index (χ0v) is 6.55. The van der Waals surface area contributed by atoms with Gasteiger partial charge in [-0.1, -0.05) is 12.2 Å². The molecule has 0 amide bonds. The van der Waals surface area contributed by atoms with Gasteiger partial charge in [0, 0.05) is 12.1 Å². The summed E-state index contributed by atoms with van der Waals surface area (Å²) in [6, 6.07) is 2.96. The van der Waals surface area contributed by atoms with Gasteiger partial charge in [0.1, 0.15) is 0 Å². The quantitative estimate of drug-likeness (QED) is 0.492. The fourth-order valence-electron chi connectivity index (χ4n) is 0.666. The first-order chi connectivity index (χ1) is 5.33. The Hall–Kier alpha value is -0.890. The molecule has 0 atom stereocenters. The molecule has 1 rings (SSSR count). The van der Waals surface area contributed by atoms with Crippen molar-refractivity contribution in [2.45, 2.75) is 0 Å². The summed E-state index contributed by atoms with van der Waals surface area (Å²) in [5.74, 6) is -0.00906. The Bertz CT molecular complexity index is 243. The van der Waals surface area contributed by atoms with E-state index in [1.54, 1.807) is 18.2 Å². The molecule has 0 saturated heterocycles. The molecule has 0 aliphatic rings. The molecule has 11 heavy (non-hydrogen) atoms. The van der Waals surface area contributed by atoms with Crippen molar-refractivity contribution in [2.75, 3.05) is 5.88 Å². The Morgan fingerprint density at radius 2 is 2.36 bits per heavy atom. The van der Waals surface area contributed by atoms with Crippen LogP contribution in [0.15, 0.2) is 24.4 Å². The van der Waals surface area contributed by atoms with E-state index in [2.05, 4.69) is 4.98 Å². The highest BCUT2D eigenvalue weighted by molar-refractivity contribution is 6.19. The van der Waals surface area contributed by atoms with E-state index in [9.17, 15) is 4.39 Å². The molecule has 1 heterocycles. The first kappa shape index (κ1) is 8.21. The van der Waals surface area contributed by atoms with Crippen molar-refractivity contribution < 1.29 is 4.39 Å². The summed E-state index contributed by atoms with van der Waals surface area (Å²) >= 11 is 5.40. The van der Waals surface area contributed by atoms with Gasteiger partial charge in [-0.3, -0.25) is 0 Å². The Labute approximate surface area is 69.5 Å². The summed E-state index contributed by atoms with van der Waals surface area (Å²) in [5, 5.41) is 0. The maximum absolute atomic E-state index is 12.2. The van der Waals surface area contributed by atoms with Gasteiger partial charge in [-0.15, -0.1) is 11.6 Å². The Morgan fingerprint density at radius 1 is 1.55 bits per heavy atom. The minimum Gasteiger partial charge on any atom is -0.228 e. The summed E-state index contributed by atoms with van der Waals surface area (Å²) in [6.07, 6.45) is 5.02. The number of nitrogens with zero attached hydrogens (tertiary/aromatic N) is 1. The third-order valence-corrected chi connectivity index (χ3v) is 1.33. The van der Waals surface area contributed by atoms with Crippen LogP contribution in [0, 0.1) is 5.95 Å². The van der Waals surface area contributed by atoms with Gasteiger partial charge in [-0.05, 0) is 17.7 Å². The highest BCUT2D eigenvalue weighted by Gasteiger charge is 1.88. The first-order valence-corrected chi connectivity index (χ1v) is 3.70. The number of pyridine rings is 1. The maximum Gasteiger partial charge on any atom is 0.212 e. The van der Waals surface area contributed by atoms with E-state index < -0.39 is 5.95 Å². The molecule has 3 heteroatoms. The number of halogens is 2. The Morgan fingerprint density at radius 3 is 2.91 bits per heavy atom. The van der Waals surface area contributed by atoms with Crippen molar-refractivity contribution in [2.24, 2.45) is 0 Å². The Kier molecular flexibility index (Phi) is 3.05. The summed E-state index contributed by atoms with van der Waals surface area (Å²) in [6.45, 7) is 0. The van der Waals surface area contributed by atoms with Gasteiger partial charge >= 0.3 is 0 Å². The van der Waals surface area contributed by atoms with Crippen LogP contribution in [-0.4, -0.2) is 10.9 Å².